The van der Waals surface area contributed by atoms with E-state index in [0.29, 0.717) is 18.9 Å². The average molecular weight is 276 g/mol. The number of nitrogens with zero attached hydrogens (tertiary/aromatic N) is 4. The van der Waals surface area contributed by atoms with Gasteiger partial charge < -0.3 is 9.52 Å². The molecular weight excluding hydrogens is 264 g/mol. The van der Waals surface area contributed by atoms with Crippen LogP contribution in [0.25, 0.3) is 10.8 Å². The summed E-state index contributed by atoms with van der Waals surface area (Å²) in [6.07, 6.45) is 3.94. The van der Waals surface area contributed by atoms with E-state index in [2.05, 4.69) is 15.3 Å². The minimum absolute atomic E-state index is 0.0746. The van der Waals surface area contributed by atoms with Crippen LogP contribution in [0.1, 0.15) is 11.4 Å². The van der Waals surface area contributed by atoms with E-state index < -0.39 is 0 Å². The van der Waals surface area contributed by atoms with Crippen LogP contribution in [0.15, 0.2) is 34.4 Å². The van der Waals surface area contributed by atoms with Gasteiger partial charge in [0.25, 0.3) is 0 Å². The van der Waals surface area contributed by atoms with E-state index in [1.807, 2.05) is 17.5 Å². The van der Waals surface area contributed by atoms with Crippen LogP contribution in [-0.2, 0) is 13.0 Å². The average Bonchev–Trinajstić information content (AvgIpc) is 3.10. The topological polar surface area (TPSA) is 77.0 Å². The molecule has 0 bridgehead atoms. The van der Waals surface area contributed by atoms with Gasteiger partial charge in [-0.3, -0.25) is 0 Å². The van der Waals surface area contributed by atoms with Crippen molar-refractivity contribution in [3.05, 3.63) is 41.4 Å². The molecule has 0 amide bonds. The first-order chi connectivity index (χ1) is 9.35. The zero-order chi connectivity index (χ0) is 13.1. The van der Waals surface area contributed by atoms with Crippen molar-refractivity contribution in [2.45, 2.75) is 13.0 Å². The number of hydrogen-bond acceptors (Lipinski definition) is 6. The molecule has 0 saturated carbocycles. The van der Waals surface area contributed by atoms with Crippen LogP contribution >= 0.6 is 11.3 Å². The second kappa shape index (κ2) is 5.33. The van der Waals surface area contributed by atoms with Crippen molar-refractivity contribution in [2.24, 2.45) is 0 Å². The maximum absolute atomic E-state index is 8.82. The third kappa shape index (κ3) is 2.72. The number of oxazole rings is 1. The fraction of sp³-hybridized carbons (Fsp3) is 0.250. The monoisotopic (exact) mass is 276 g/mol. The molecular formula is C12H12N4O2S. The molecule has 7 heteroatoms. The molecule has 19 heavy (non-hydrogen) atoms. The van der Waals surface area contributed by atoms with E-state index in [1.54, 1.807) is 28.5 Å². The van der Waals surface area contributed by atoms with Crippen LogP contribution < -0.4 is 0 Å². The Morgan fingerprint density at radius 2 is 2.32 bits per heavy atom. The Hall–Kier alpha value is -1.99. The fourth-order valence-corrected chi connectivity index (χ4v) is 2.36. The zero-order valence-corrected chi connectivity index (χ0v) is 10.9. The Morgan fingerprint density at radius 1 is 1.37 bits per heavy atom. The summed E-state index contributed by atoms with van der Waals surface area (Å²) in [5, 5.41) is 18.7. The second-order valence-electron chi connectivity index (χ2n) is 4.00. The molecule has 0 aliphatic carbocycles. The van der Waals surface area contributed by atoms with Gasteiger partial charge in [-0.05, 0) is 11.4 Å². The smallest absolute Gasteiger partial charge is 0.236 e. The van der Waals surface area contributed by atoms with E-state index in [-0.39, 0.29) is 6.61 Å². The molecule has 0 spiro atoms. The van der Waals surface area contributed by atoms with Crippen LogP contribution in [0.5, 0.6) is 0 Å². The van der Waals surface area contributed by atoms with Gasteiger partial charge in [-0.2, -0.15) is 0 Å². The first-order valence-corrected chi connectivity index (χ1v) is 6.71. The van der Waals surface area contributed by atoms with Gasteiger partial charge in [0.05, 0.1) is 17.1 Å². The summed E-state index contributed by atoms with van der Waals surface area (Å²) < 4.78 is 7.11. The van der Waals surface area contributed by atoms with Gasteiger partial charge in [0.1, 0.15) is 12.0 Å². The number of thiophene rings is 1. The van der Waals surface area contributed by atoms with Crippen molar-refractivity contribution in [2.75, 3.05) is 6.61 Å². The fourth-order valence-electron chi connectivity index (χ4n) is 1.70. The molecule has 0 aliphatic rings. The minimum Gasteiger partial charge on any atom is -0.443 e. The normalized spacial score (nSPS) is 11.0. The highest BCUT2D eigenvalue weighted by atomic mass is 32.1. The number of aromatic nitrogens is 4. The second-order valence-corrected chi connectivity index (χ2v) is 4.95. The van der Waals surface area contributed by atoms with Gasteiger partial charge in [-0.25, -0.2) is 9.67 Å². The van der Waals surface area contributed by atoms with Gasteiger partial charge >= 0.3 is 0 Å². The predicted molar refractivity (Wildman–Crippen MR) is 69.7 cm³/mol. The zero-order valence-electron chi connectivity index (χ0n) is 10.1. The van der Waals surface area contributed by atoms with Crippen LogP contribution in [0.2, 0.25) is 0 Å². The standard InChI is InChI=1S/C12H12N4O2S/c17-4-3-9-6-16(15-14-9)7-10-8-18-12(13-10)11-2-1-5-19-11/h1-2,5-6,8,17H,3-4,7H2. The van der Waals surface area contributed by atoms with Crippen LogP contribution in [-0.4, -0.2) is 31.7 Å². The lowest BCUT2D eigenvalue weighted by Crippen LogP contribution is -2.00. The molecule has 98 valence electrons. The first kappa shape index (κ1) is 12.1. The lowest BCUT2D eigenvalue weighted by atomic mass is 10.3. The first-order valence-electron chi connectivity index (χ1n) is 5.83. The largest absolute Gasteiger partial charge is 0.443 e. The summed E-state index contributed by atoms with van der Waals surface area (Å²) >= 11 is 1.59. The number of rotatable bonds is 5. The van der Waals surface area contributed by atoms with E-state index in [1.165, 1.54) is 0 Å². The van der Waals surface area contributed by atoms with Crippen molar-refractivity contribution in [1.82, 2.24) is 20.0 Å². The molecule has 1 N–H and O–H groups in total. The summed E-state index contributed by atoms with van der Waals surface area (Å²) in [6.45, 7) is 0.582. The van der Waals surface area contributed by atoms with Crippen LogP contribution in [0, 0.1) is 0 Å². The summed E-state index contributed by atoms with van der Waals surface area (Å²) in [4.78, 5) is 5.41. The van der Waals surface area contributed by atoms with E-state index >= 15 is 0 Å². The molecule has 3 rings (SSSR count). The molecule has 0 fully saturated rings. The molecule has 0 aliphatic heterocycles. The molecule has 0 atom stereocenters. The summed E-state index contributed by atoms with van der Waals surface area (Å²) in [6, 6.07) is 3.93. The molecule has 3 heterocycles. The highest BCUT2D eigenvalue weighted by Gasteiger charge is 2.09. The van der Waals surface area contributed by atoms with Crippen molar-refractivity contribution in [1.29, 1.82) is 0 Å². The van der Waals surface area contributed by atoms with Crippen molar-refractivity contribution in [3.8, 4) is 10.8 Å². The lowest BCUT2D eigenvalue weighted by molar-refractivity contribution is 0.298. The number of aliphatic hydroxyl groups is 1. The van der Waals surface area contributed by atoms with E-state index in [9.17, 15) is 0 Å². The Balaban J connectivity index is 1.72. The Labute approximate surface area is 113 Å². The molecule has 0 saturated heterocycles. The predicted octanol–water partition coefficient (Wildman–Crippen LogP) is 1.58. The van der Waals surface area contributed by atoms with E-state index in [4.69, 9.17) is 9.52 Å². The quantitative estimate of drug-likeness (QED) is 0.765. The van der Waals surface area contributed by atoms with Crippen molar-refractivity contribution in [3.63, 3.8) is 0 Å². The SMILES string of the molecule is OCCc1cn(Cc2coc(-c3cccs3)n2)nn1. The van der Waals surface area contributed by atoms with Gasteiger partial charge in [0, 0.05) is 19.2 Å². The van der Waals surface area contributed by atoms with Gasteiger partial charge in [0.2, 0.25) is 5.89 Å². The molecule has 0 unspecified atom stereocenters. The lowest BCUT2D eigenvalue weighted by Gasteiger charge is -1.93. The Kier molecular flexibility index (Phi) is 3.39. The Morgan fingerprint density at radius 3 is 3.11 bits per heavy atom. The van der Waals surface area contributed by atoms with Crippen LogP contribution in [0.4, 0.5) is 0 Å². The maximum Gasteiger partial charge on any atom is 0.236 e. The summed E-state index contributed by atoms with van der Waals surface area (Å²) in [7, 11) is 0. The molecule has 6 nitrogen and oxygen atoms in total. The molecule has 0 aromatic carbocycles. The van der Waals surface area contributed by atoms with Crippen molar-refractivity contribution < 1.29 is 9.52 Å². The minimum atomic E-state index is 0.0746. The van der Waals surface area contributed by atoms with Crippen molar-refractivity contribution >= 4 is 11.3 Å². The molecule has 3 aromatic rings. The maximum atomic E-state index is 8.82. The third-order valence-electron chi connectivity index (χ3n) is 2.56. The number of aliphatic hydroxyl groups excluding tert-OH is 1. The highest BCUT2D eigenvalue weighted by Crippen LogP contribution is 2.23. The highest BCUT2D eigenvalue weighted by molar-refractivity contribution is 7.13. The van der Waals surface area contributed by atoms with Crippen LogP contribution in [0.3, 0.4) is 0 Å². The van der Waals surface area contributed by atoms with Gasteiger partial charge in [-0.15, -0.1) is 16.4 Å². The Bertz CT molecular complexity index is 644. The van der Waals surface area contributed by atoms with E-state index in [0.717, 1.165) is 16.3 Å². The molecule has 0 radical (unpaired) electrons. The summed E-state index contributed by atoms with van der Waals surface area (Å²) in [5.74, 6) is 0.626. The van der Waals surface area contributed by atoms with Gasteiger partial charge in [-0.1, -0.05) is 11.3 Å². The third-order valence-corrected chi connectivity index (χ3v) is 3.42. The number of hydrogen-bond donors (Lipinski definition) is 1. The van der Waals surface area contributed by atoms with Gasteiger partial charge in [0.15, 0.2) is 0 Å². The molecule has 3 aromatic heterocycles. The summed E-state index contributed by atoms with van der Waals surface area (Å²) in [5.41, 5.74) is 1.56.